The first-order chi connectivity index (χ1) is 13.5. The van der Waals surface area contributed by atoms with Gasteiger partial charge < -0.3 is 10.2 Å². The number of nitrogens with one attached hydrogen (secondary N) is 1. The van der Waals surface area contributed by atoms with Crippen molar-refractivity contribution in [3.8, 4) is 16.9 Å². The van der Waals surface area contributed by atoms with Crippen LogP contribution in [0.2, 0.25) is 0 Å². The molecule has 2 heterocycles. The Balaban J connectivity index is 1.92. The number of rotatable bonds is 7. The van der Waals surface area contributed by atoms with Gasteiger partial charge >= 0.3 is 0 Å². The molecule has 0 saturated heterocycles. The van der Waals surface area contributed by atoms with E-state index in [9.17, 15) is 4.79 Å². The number of nitrogens with zero attached hydrogens (tertiary/aromatic N) is 4. The second-order valence-electron chi connectivity index (χ2n) is 7.40. The highest BCUT2D eigenvalue weighted by molar-refractivity contribution is 5.99. The van der Waals surface area contributed by atoms with Crippen molar-refractivity contribution in [2.75, 3.05) is 20.6 Å². The highest BCUT2D eigenvalue weighted by Gasteiger charge is 2.21. The van der Waals surface area contributed by atoms with E-state index >= 15 is 0 Å². The van der Waals surface area contributed by atoms with Gasteiger partial charge in [-0.05, 0) is 44.3 Å². The number of aromatic nitrogens is 3. The number of hydrogen-bond donors (Lipinski definition) is 1. The summed E-state index contributed by atoms with van der Waals surface area (Å²) >= 11 is 0. The SMILES string of the molecule is CC(C)C(CNC(=O)c1cn(-c2ccccc2)nc1-c1cccnc1)N(C)C. The van der Waals surface area contributed by atoms with Crippen molar-refractivity contribution in [3.63, 3.8) is 0 Å². The maximum atomic E-state index is 13.0. The Morgan fingerprint density at radius 3 is 2.50 bits per heavy atom. The molecule has 0 spiro atoms. The average Bonchev–Trinajstić information content (AvgIpc) is 3.14. The van der Waals surface area contributed by atoms with E-state index in [1.807, 2.05) is 56.6 Å². The molecule has 0 saturated carbocycles. The summed E-state index contributed by atoms with van der Waals surface area (Å²) < 4.78 is 1.74. The fourth-order valence-electron chi connectivity index (χ4n) is 3.28. The second kappa shape index (κ2) is 8.80. The van der Waals surface area contributed by atoms with Gasteiger partial charge in [0, 0.05) is 36.7 Å². The van der Waals surface area contributed by atoms with Gasteiger partial charge in [-0.1, -0.05) is 32.0 Å². The molecule has 28 heavy (non-hydrogen) atoms. The number of benzene rings is 1. The van der Waals surface area contributed by atoms with Crippen molar-refractivity contribution in [2.45, 2.75) is 19.9 Å². The summed E-state index contributed by atoms with van der Waals surface area (Å²) in [6.45, 7) is 4.89. The zero-order valence-electron chi connectivity index (χ0n) is 16.8. The van der Waals surface area contributed by atoms with Gasteiger partial charge in [-0.15, -0.1) is 0 Å². The summed E-state index contributed by atoms with van der Waals surface area (Å²) in [5, 5.41) is 7.76. The zero-order chi connectivity index (χ0) is 20.1. The van der Waals surface area contributed by atoms with Crippen LogP contribution in [0.1, 0.15) is 24.2 Å². The van der Waals surface area contributed by atoms with E-state index in [2.05, 4.69) is 34.1 Å². The molecule has 1 N–H and O–H groups in total. The van der Waals surface area contributed by atoms with Crippen LogP contribution >= 0.6 is 0 Å². The molecule has 2 aromatic heterocycles. The minimum Gasteiger partial charge on any atom is -0.350 e. The largest absolute Gasteiger partial charge is 0.350 e. The van der Waals surface area contributed by atoms with Crippen molar-refractivity contribution in [2.24, 2.45) is 5.92 Å². The summed E-state index contributed by atoms with van der Waals surface area (Å²) in [4.78, 5) is 19.3. The Hall–Kier alpha value is -2.99. The Kier molecular flexibility index (Phi) is 6.21. The molecule has 6 nitrogen and oxygen atoms in total. The van der Waals surface area contributed by atoms with E-state index < -0.39 is 0 Å². The van der Waals surface area contributed by atoms with Crippen molar-refractivity contribution in [1.82, 2.24) is 25.0 Å². The Labute approximate surface area is 166 Å². The van der Waals surface area contributed by atoms with Crippen molar-refractivity contribution >= 4 is 5.91 Å². The molecular weight excluding hydrogens is 350 g/mol. The number of para-hydroxylation sites is 1. The first-order valence-electron chi connectivity index (χ1n) is 9.47. The zero-order valence-corrected chi connectivity index (χ0v) is 16.8. The van der Waals surface area contributed by atoms with Crippen LogP contribution in [0, 0.1) is 5.92 Å². The lowest BCUT2D eigenvalue weighted by Gasteiger charge is -2.28. The van der Waals surface area contributed by atoms with Gasteiger partial charge in [0.15, 0.2) is 0 Å². The average molecular weight is 377 g/mol. The van der Waals surface area contributed by atoms with E-state index in [1.54, 1.807) is 23.3 Å². The van der Waals surface area contributed by atoms with Gasteiger partial charge in [0.05, 0.1) is 11.3 Å². The molecule has 3 aromatic rings. The van der Waals surface area contributed by atoms with Crippen LogP contribution in [0.5, 0.6) is 0 Å². The second-order valence-corrected chi connectivity index (χ2v) is 7.40. The summed E-state index contributed by atoms with van der Waals surface area (Å²) in [5.74, 6) is 0.300. The molecule has 0 aliphatic heterocycles. The Morgan fingerprint density at radius 1 is 1.14 bits per heavy atom. The quantitative estimate of drug-likeness (QED) is 0.687. The minimum absolute atomic E-state index is 0.131. The minimum atomic E-state index is -0.131. The molecule has 0 radical (unpaired) electrons. The highest BCUT2D eigenvalue weighted by Crippen LogP contribution is 2.23. The fourth-order valence-corrected chi connectivity index (χ4v) is 3.28. The summed E-state index contributed by atoms with van der Waals surface area (Å²) in [6, 6.07) is 13.8. The number of amides is 1. The van der Waals surface area contributed by atoms with Crippen molar-refractivity contribution in [1.29, 1.82) is 0 Å². The molecule has 0 aliphatic rings. The third-order valence-electron chi connectivity index (χ3n) is 4.82. The summed E-state index contributed by atoms with van der Waals surface area (Å²) in [6.07, 6.45) is 5.22. The van der Waals surface area contributed by atoms with Gasteiger partial charge in [-0.25, -0.2) is 4.68 Å². The van der Waals surface area contributed by atoms with Gasteiger partial charge in [-0.3, -0.25) is 9.78 Å². The van der Waals surface area contributed by atoms with E-state index in [0.717, 1.165) is 11.3 Å². The molecule has 0 aliphatic carbocycles. The third kappa shape index (κ3) is 4.46. The van der Waals surface area contributed by atoms with E-state index in [0.29, 0.717) is 23.7 Å². The van der Waals surface area contributed by atoms with Crippen molar-refractivity contribution < 1.29 is 4.79 Å². The number of carbonyl (C=O) groups is 1. The lowest BCUT2D eigenvalue weighted by atomic mass is 10.0. The Morgan fingerprint density at radius 2 is 1.89 bits per heavy atom. The van der Waals surface area contributed by atoms with Gasteiger partial charge in [0.1, 0.15) is 5.69 Å². The highest BCUT2D eigenvalue weighted by atomic mass is 16.1. The van der Waals surface area contributed by atoms with Crippen LogP contribution in [0.3, 0.4) is 0 Å². The number of hydrogen-bond acceptors (Lipinski definition) is 4. The maximum Gasteiger partial charge on any atom is 0.255 e. The molecule has 1 aromatic carbocycles. The molecule has 0 bridgehead atoms. The van der Waals surface area contributed by atoms with E-state index in [4.69, 9.17) is 0 Å². The normalized spacial score (nSPS) is 12.4. The number of pyridine rings is 1. The summed E-state index contributed by atoms with van der Waals surface area (Å²) in [5.41, 5.74) is 2.88. The van der Waals surface area contributed by atoms with Gasteiger partial charge in [-0.2, -0.15) is 5.10 Å². The predicted octanol–water partition coefficient (Wildman–Crippen LogP) is 3.25. The lowest BCUT2D eigenvalue weighted by molar-refractivity contribution is 0.0935. The first-order valence-corrected chi connectivity index (χ1v) is 9.47. The summed E-state index contributed by atoms with van der Waals surface area (Å²) in [7, 11) is 4.07. The maximum absolute atomic E-state index is 13.0. The molecular formula is C22H27N5O. The fraction of sp³-hybridized carbons (Fsp3) is 0.318. The van der Waals surface area contributed by atoms with Crippen LogP contribution < -0.4 is 5.32 Å². The lowest BCUT2D eigenvalue weighted by Crippen LogP contribution is -2.43. The predicted molar refractivity (Wildman–Crippen MR) is 111 cm³/mol. The van der Waals surface area contributed by atoms with Crippen LogP contribution in [-0.2, 0) is 0 Å². The van der Waals surface area contributed by atoms with Crippen LogP contribution in [0.4, 0.5) is 0 Å². The standard InChI is InChI=1S/C22H27N5O/c1-16(2)20(26(3)4)14-24-22(28)19-15-27(18-10-6-5-7-11-18)25-21(19)17-9-8-12-23-13-17/h5-13,15-16,20H,14H2,1-4H3,(H,24,28). The first kappa shape index (κ1) is 19.8. The molecule has 3 rings (SSSR count). The topological polar surface area (TPSA) is 63.1 Å². The number of likely N-dealkylation sites (N-methyl/N-ethyl adjacent to an activating group) is 1. The van der Waals surface area contributed by atoms with Crippen LogP contribution in [-0.4, -0.2) is 52.3 Å². The van der Waals surface area contributed by atoms with Crippen molar-refractivity contribution in [3.05, 3.63) is 66.6 Å². The van der Waals surface area contributed by atoms with Crippen LogP contribution in [0.25, 0.3) is 16.9 Å². The third-order valence-corrected chi connectivity index (χ3v) is 4.82. The molecule has 146 valence electrons. The van der Waals surface area contributed by atoms with Crippen LogP contribution in [0.15, 0.2) is 61.1 Å². The smallest absolute Gasteiger partial charge is 0.255 e. The van der Waals surface area contributed by atoms with Gasteiger partial charge in [0.2, 0.25) is 0 Å². The van der Waals surface area contributed by atoms with E-state index in [-0.39, 0.29) is 11.9 Å². The monoisotopic (exact) mass is 377 g/mol. The molecule has 1 atom stereocenters. The molecule has 1 unspecified atom stereocenters. The Bertz CT molecular complexity index is 895. The molecule has 6 heteroatoms. The molecule has 1 amide bonds. The van der Waals surface area contributed by atoms with Gasteiger partial charge in [0.25, 0.3) is 5.91 Å². The van der Waals surface area contributed by atoms with E-state index in [1.165, 1.54) is 0 Å². The number of carbonyl (C=O) groups excluding carboxylic acids is 1. The molecule has 0 fully saturated rings.